The molecule has 31 heavy (non-hydrogen) atoms. The fraction of sp³-hybridized carbons (Fsp3) is 0.667. The van der Waals surface area contributed by atoms with Crippen molar-refractivity contribution in [2.24, 2.45) is 11.8 Å². The molecule has 0 radical (unpaired) electrons. The molecule has 1 amide bonds. The van der Waals surface area contributed by atoms with Gasteiger partial charge in [-0.3, -0.25) is 9.69 Å². The Morgan fingerprint density at radius 1 is 1.03 bits per heavy atom. The Morgan fingerprint density at radius 2 is 1.58 bits per heavy atom. The lowest BCUT2D eigenvalue weighted by molar-refractivity contribution is -0.140. The van der Waals surface area contributed by atoms with E-state index in [9.17, 15) is 26.4 Å². The maximum absolute atomic E-state index is 13.3. The Morgan fingerprint density at radius 3 is 2.13 bits per heavy atom. The van der Waals surface area contributed by atoms with E-state index in [1.54, 1.807) is 0 Å². The second-order valence-electron chi connectivity index (χ2n) is 8.80. The third-order valence-electron chi connectivity index (χ3n) is 6.17. The molecule has 0 aliphatic carbocycles. The first-order valence-corrected chi connectivity index (χ1v) is 12.0. The average Bonchev–Trinajstić information content (AvgIpc) is 2.71. The fourth-order valence-corrected chi connectivity index (χ4v) is 6.29. The molecular formula is C21H30F3N3O3S. The molecule has 0 spiro atoms. The third kappa shape index (κ3) is 5.23. The second-order valence-corrected chi connectivity index (χ2v) is 10.7. The number of piperidine rings is 1. The van der Waals surface area contributed by atoms with Gasteiger partial charge in [0.05, 0.1) is 16.5 Å². The van der Waals surface area contributed by atoms with Crippen LogP contribution in [0.4, 0.5) is 13.2 Å². The van der Waals surface area contributed by atoms with Crippen molar-refractivity contribution in [1.82, 2.24) is 14.1 Å². The number of amides is 1. The van der Waals surface area contributed by atoms with Crippen LogP contribution in [0.3, 0.4) is 0 Å². The molecule has 6 nitrogen and oxygen atoms in total. The van der Waals surface area contributed by atoms with Crippen molar-refractivity contribution in [2.75, 3.05) is 39.3 Å². The number of halogens is 3. The molecule has 0 saturated carbocycles. The fourth-order valence-electron chi connectivity index (χ4n) is 4.66. The molecule has 0 N–H and O–H groups in total. The van der Waals surface area contributed by atoms with Gasteiger partial charge in [-0.1, -0.05) is 26.0 Å². The number of rotatable bonds is 4. The van der Waals surface area contributed by atoms with Crippen LogP contribution in [-0.4, -0.2) is 73.7 Å². The topological polar surface area (TPSA) is 60.9 Å². The van der Waals surface area contributed by atoms with Gasteiger partial charge in [0.25, 0.3) is 0 Å². The SMILES string of the molecule is C[C@@H]1C[C@H](C)CN(C(=O)[C@@H](C)N2CCN(S(=O)(=O)c3ccccc3C(F)(F)F)CC2)C1. The van der Waals surface area contributed by atoms with Crippen LogP contribution in [0.1, 0.15) is 32.8 Å². The maximum Gasteiger partial charge on any atom is 0.417 e. The largest absolute Gasteiger partial charge is 0.417 e. The molecule has 1 aromatic rings. The lowest BCUT2D eigenvalue weighted by Crippen LogP contribution is -2.56. The molecular weight excluding hydrogens is 431 g/mol. The van der Waals surface area contributed by atoms with Gasteiger partial charge in [0.2, 0.25) is 15.9 Å². The van der Waals surface area contributed by atoms with E-state index in [1.807, 2.05) is 16.7 Å². The monoisotopic (exact) mass is 461 g/mol. The Labute approximate surface area is 182 Å². The van der Waals surface area contributed by atoms with E-state index >= 15 is 0 Å². The predicted molar refractivity (Wildman–Crippen MR) is 111 cm³/mol. The van der Waals surface area contributed by atoms with Crippen molar-refractivity contribution < 1.29 is 26.4 Å². The van der Waals surface area contributed by atoms with Gasteiger partial charge in [0, 0.05) is 39.3 Å². The maximum atomic E-state index is 13.3. The summed E-state index contributed by atoms with van der Waals surface area (Å²) in [6.07, 6.45) is -3.66. The minimum Gasteiger partial charge on any atom is -0.341 e. The predicted octanol–water partition coefficient (Wildman–Crippen LogP) is 2.90. The number of hydrogen-bond acceptors (Lipinski definition) is 4. The lowest BCUT2D eigenvalue weighted by atomic mass is 9.91. The highest BCUT2D eigenvalue weighted by molar-refractivity contribution is 7.89. The number of hydrogen-bond donors (Lipinski definition) is 0. The van der Waals surface area contributed by atoms with E-state index < -0.39 is 32.7 Å². The van der Waals surface area contributed by atoms with Crippen molar-refractivity contribution in [3.63, 3.8) is 0 Å². The first kappa shape index (κ1) is 24.0. The number of nitrogens with zero attached hydrogens (tertiary/aromatic N) is 3. The number of sulfonamides is 1. The quantitative estimate of drug-likeness (QED) is 0.692. The number of carbonyl (C=O) groups excluding carboxylic acids is 1. The molecule has 3 atom stereocenters. The summed E-state index contributed by atoms with van der Waals surface area (Å²) in [7, 11) is -4.29. The zero-order valence-corrected chi connectivity index (χ0v) is 18.9. The summed E-state index contributed by atoms with van der Waals surface area (Å²) < 4.78 is 66.8. The Bertz CT molecular complexity index is 889. The standard InChI is InChI=1S/C21H30F3N3O3S/c1-15-12-16(2)14-26(13-15)20(28)17(3)25-8-10-27(11-9-25)31(29,30)19-7-5-4-6-18(19)21(22,23)24/h4-7,15-17H,8-14H2,1-3H3/t15-,16+,17-/m1/s1. The van der Waals surface area contributed by atoms with E-state index in [4.69, 9.17) is 0 Å². The molecule has 0 aromatic heterocycles. The molecule has 2 aliphatic heterocycles. The number of likely N-dealkylation sites (tertiary alicyclic amines) is 1. The Balaban J connectivity index is 1.67. The Hall–Kier alpha value is -1.65. The molecule has 174 valence electrons. The van der Waals surface area contributed by atoms with Crippen LogP contribution in [0.5, 0.6) is 0 Å². The first-order chi connectivity index (χ1) is 14.4. The summed E-state index contributed by atoms with van der Waals surface area (Å²) in [5.74, 6) is 0.906. The molecule has 0 bridgehead atoms. The van der Waals surface area contributed by atoms with Crippen molar-refractivity contribution in [1.29, 1.82) is 0 Å². The van der Waals surface area contributed by atoms with Crippen LogP contribution >= 0.6 is 0 Å². The summed E-state index contributed by atoms with van der Waals surface area (Å²) in [4.78, 5) is 16.0. The molecule has 0 unspecified atom stereocenters. The van der Waals surface area contributed by atoms with Crippen LogP contribution in [-0.2, 0) is 21.0 Å². The van der Waals surface area contributed by atoms with Gasteiger partial charge in [-0.25, -0.2) is 8.42 Å². The summed E-state index contributed by atoms with van der Waals surface area (Å²) in [6.45, 7) is 8.17. The van der Waals surface area contributed by atoms with E-state index in [0.717, 1.165) is 35.9 Å². The molecule has 2 aliphatic rings. The molecule has 3 rings (SSSR count). The molecule has 10 heteroatoms. The number of piperazine rings is 1. The van der Waals surface area contributed by atoms with Crippen molar-refractivity contribution in [3.8, 4) is 0 Å². The van der Waals surface area contributed by atoms with Gasteiger partial charge in [-0.2, -0.15) is 17.5 Å². The van der Waals surface area contributed by atoms with E-state index in [-0.39, 0.29) is 19.0 Å². The van der Waals surface area contributed by atoms with Crippen molar-refractivity contribution >= 4 is 15.9 Å². The smallest absolute Gasteiger partial charge is 0.341 e. The van der Waals surface area contributed by atoms with Crippen LogP contribution < -0.4 is 0 Å². The summed E-state index contributed by atoms with van der Waals surface area (Å²) >= 11 is 0. The molecule has 1 aromatic carbocycles. The number of carbonyl (C=O) groups is 1. The molecule has 2 saturated heterocycles. The van der Waals surface area contributed by atoms with Crippen LogP contribution in [0, 0.1) is 11.8 Å². The average molecular weight is 462 g/mol. The second kappa shape index (κ2) is 9.07. The summed E-state index contributed by atoms with van der Waals surface area (Å²) in [5, 5.41) is 0. The first-order valence-electron chi connectivity index (χ1n) is 10.6. The zero-order chi connectivity index (χ0) is 23.0. The van der Waals surface area contributed by atoms with E-state index in [0.29, 0.717) is 24.9 Å². The summed E-state index contributed by atoms with van der Waals surface area (Å²) in [5.41, 5.74) is -1.16. The van der Waals surface area contributed by atoms with Gasteiger partial charge in [-0.15, -0.1) is 0 Å². The lowest BCUT2D eigenvalue weighted by Gasteiger charge is -2.41. The number of benzene rings is 1. The van der Waals surface area contributed by atoms with Gasteiger partial charge in [-0.05, 0) is 37.3 Å². The highest BCUT2D eigenvalue weighted by Crippen LogP contribution is 2.35. The Kier molecular flexibility index (Phi) is 7.02. The van der Waals surface area contributed by atoms with Crippen molar-refractivity contribution in [3.05, 3.63) is 29.8 Å². The van der Waals surface area contributed by atoms with Crippen LogP contribution in [0.2, 0.25) is 0 Å². The normalized spacial score (nSPS) is 25.4. The van der Waals surface area contributed by atoms with Crippen LogP contribution in [0.15, 0.2) is 29.2 Å². The summed E-state index contributed by atoms with van der Waals surface area (Å²) in [6, 6.07) is 3.85. The van der Waals surface area contributed by atoms with Gasteiger partial charge in [0.15, 0.2) is 0 Å². The highest BCUT2D eigenvalue weighted by Gasteiger charge is 2.40. The van der Waals surface area contributed by atoms with Gasteiger partial charge >= 0.3 is 6.18 Å². The van der Waals surface area contributed by atoms with Crippen LogP contribution in [0.25, 0.3) is 0 Å². The number of alkyl halides is 3. The molecule has 2 fully saturated rings. The highest BCUT2D eigenvalue weighted by atomic mass is 32.2. The van der Waals surface area contributed by atoms with Crippen molar-refractivity contribution in [2.45, 2.75) is 44.3 Å². The van der Waals surface area contributed by atoms with Gasteiger partial charge < -0.3 is 4.90 Å². The molecule has 2 heterocycles. The minimum atomic E-state index is -4.75. The van der Waals surface area contributed by atoms with Gasteiger partial charge in [0.1, 0.15) is 0 Å². The third-order valence-corrected chi connectivity index (χ3v) is 8.13. The minimum absolute atomic E-state index is 0.0251. The van der Waals surface area contributed by atoms with E-state index in [1.165, 1.54) is 12.1 Å². The zero-order valence-electron chi connectivity index (χ0n) is 18.1. The van der Waals surface area contributed by atoms with E-state index in [2.05, 4.69) is 13.8 Å².